The lowest BCUT2D eigenvalue weighted by Crippen LogP contribution is -2.28. The maximum absolute atomic E-state index is 14.2. The van der Waals surface area contributed by atoms with Gasteiger partial charge in [-0.15, -0.1) is 0 Å². The van der Waals surface area contributed by atoms with E-state index in [-0.39, 0.29) is 42.7 Å². The van der Waals surface area contributed by atoms with Crippen molar-refractivity contribution in [2.24, 2.45) is 11.8 Å². The molecule has 2 atom stereocenters. The highest BCUT2D eigenvalue weighted by molar-refractivity contribution is 5.87. The number of Topliss-reactive ketones (excluding diaryl/α,β-unsaturated/α-hetero) is 1. The normalized spacial score (nSPS) is 18.8. The molecule has 0 bridgehead atoms. The fourth-order valence-electron chi connectivity index (χ4n) is 4.36. The number of alkyl halides is 2. The Hall–Kier alpha value is -1.60. The molecule has 0 heterocycles. The molecule has 180 valence electrons. The van der Waals surface area contributed by atoms with Crippen LogP contribution in [0.25, 0.3) is 0 Å². The molecular formula is C23H39F2NO5. The molecule has 1 rings (SSSR count). The van der Waals surface area contributed by atoms with E-state index in [1.165, 1.54) is 0 Å². The first-order valence-corrected chi connectivity index (χ1v) is 12.0. The van der Waals surface area contributed by atoms with Crippen LogP contribution < -0.4 is 0 Å². The number of esters is 1. The molecule has 0 radical (unpaired) electrons. The predicted octanol–water partition coefficient (Wildman–Crippen LogP) is 6.13. The Kier molecular flexibility index (Phi) is 13.5. The molecule has 0 spiro atoms. The number of nitro groups is 1. The van der Waals surface area contributed by atoms with Gasteiger partial charge in [-0.25, -0.2) is 8.78 Å². The monoisotopic (exact) mass is 447 g/mol. The highest BCUT2D eigenvalue weighted by Crippen LogP contribution is 2.36. The minimum Gasteiger partial charge on any atom is -0.466 e. The molecule has 0 amide bonds. The van der Waals surface area contributed by atoms with Gasteiger partial charge in [-0.05, 0) is 32.6 Å². The highest BCUT2D eigenvalue weighted by Gasteiger charge is 2.39. The van der Waals surface area contributed by atoms with E-state index in [2.05, 4.69) is 0 Å². The first-order valence-electron chi connectivity index (χ1n) is 12.0. The molecule has 0 saturated heterocycles. The molecule has 1 aliphatic rings. The molecule has 0 aromatic carbocycles. The lowest BCUT2D eigenvalue weighted by atomic mass is 9.88. The Bertz CT molecular complexity index is 556. The molecule has 0 aromatic rings. The largest absolute Gasteiger partial charge is 0.466 e. The van der Waals surface area contributed by atoms with Crippen molar-refractivity contribution in [3.63, 3.8) is 0 Å². The molecule has 2 unspecified atom stereocenters. The zero-order valence-corrected chi connectivity index (χ0v) is 18.9. The van der Waals surface area contributed by atoms with Crippen LogP contribution in [0.1, 0.15) is 103 Å². The summed E-state index contributed by atoms with van der Waals surface area (Å²) in [7, 11) is 0. The second kappa shape index (κ2) is 15.2. The SMILES string of the molecule is CCOC(=O)C1CCCC1C(=O)CCC(F)(F)CCCCCCCCCCC[N+](=O)[O-]. The van der Waals surface area contributed by atoms with Gasteiger partial charge in [-0.2, -0.15) is 0 Å². The van der Waals surface area contributed by atoms with Crippen molar-refractivity contribution in [3.05, 3.63) is 10.1 Å². The molecule has 1 fully saturated rings. The summed E-state index contributed by atoms with van der Waals surface area (Å²) in [5.41, 5.74) is 0. The average molecular weight is 448 g/mol. The van der Waals surface area contributed by atoms with Gasteiger partial charge in [0.05, 0.1) is 12.5 Å². The van der Waals surface area contributed by atoms with Crippen molar-refractivity contribution in [1.82, 2.24) is 0 Å². The number of halogens is 2. The number of ketones is 1. The van der Waals surface area contributed by atoms with Crippen LogP contribution >= 0.6 is 0 Å². The summed E-state index contributed by atoms with van der Waals surface area (Å²) in [5, 5.41) is 10.2. The molecule has 0 N–H and O–H groups in total. The third-order valence-electron chi connectivity index (χ3n) is 6.14. The Balaban J connectivity index is 2.11. The molecule has 8 heteroatoms. The van der Waals surface area contributed by atoms with Crippen molar-refractivity contribution >= 4 is 11.8 Å². The molecule has 1 aliphatic carbocycles. The summed E-state index contributed by atoms with van der Waals surface area (Å²) in [6, 6.07) is 0. The summed E-state index contributed by atoms with van der Waals surface area (Å²) in [6.07, 6.45) is 8.76. The van der Waals surface area contributed by atoms with E-state index in [9.17, 15) is 28.5 Å². The van der Waals surface area contributed by atoms with Crippen LogP contribution in [-0.4, -0.2) is 35.8 Å². The smallest absolute Gasteiger partial charge is 0.309 e. The van der Waals surface area contributed by atoms with Gasteiger partial charge < -0.3 is 4.74 Å². The molecule has 31 heavy (non-hydrogen) atoms. The molecular weight excluding hydrogens is 408 g/mol. The van der Waals surface area contributed by atoms with Gasteiger partial charge in [0.25, 0.3) is 0 Å². The first kappa shape index (κ1) is 27.4. The number of unbranched alkanes of at least 4 members (excludes halogenated alkanes) is 8. The molecule has 6 nitrogen and oxygen atoms in total. The summed E-state index contributed by atoms with van der Waals surface area (Å²) in [4.78, 5) is 34.3. The maximum atomic E-state index is 14.2. The Morgan fingerprint density at radius 1 is 0.935 bits per heavy atom. The van der Waals surface area contributed by atoms with E-state index < -0.39 is 24.2 Å². The summed E-state index contributed by atoms with van der Waals surface area (Å²) in [5.74, 6) is -4.37. The fourth-order valence-corrected chi connectivity index (χ4v) is 4.36. The summed E-state index contributed by atoms with van der Waals surface area (Å²) < 4.78 is 33.3. The van der Waals surface area contributed by atoms with Crippen LogP contribution in [0.2, 0.25) is 0 Å². The molecule has 0 aromatic heterocycles. The molecule has 1 saturated carbocycles. The van der Waals surface area contributed by atoms with Crippen LogP contribution in [0.4, 0.5) is 8.78 Å². The number of hydrogen-bond acceptors (Lipinski definition) is 5. The summed E-state index contributed by atoms with van der Waals surface area (Å²) in [6.45, 7) is 2.01. The second-order valence-corrected chi connectivity index (χ2v) is 8.71. The van der Waals surface area contributed by atoms with Gasteiger partial charge in [-0.3, -0.25) is 19.7 Å². The van der Waals surface area contributed by atoms with Crippen LogP contribution in [0.3, 0.4) is 0 Å². The van der Waals surface area contributed by atoms with Gasteiger partial charge >= 0.3 is 5.97 Å². The van der Waals surface area contributed by atoms with E-state index in [0.717, 1.165) is 51.4 Å². The van der Waals surface area contributed by atoms with E-state index in [4.69, 9.17) is 4.74 Å². The fraction of sp³-hybridized carbons (Fsp3) is 0.913. The number of hydrogen-bond donors (Lipinski definition) is 0. The van der Waals surface area contributed by atoms with Gasteiger partial charge in [0.2, 0.25) is 12.5 Å². The van der Waals surface area contributed by atoms with Crippen LogP contribution in [0.15, 0.2) is 0 Å². The molecule has 0 aliphatic heterocycles. The zero-order valence-electron chi connectivity index (χ0n) is 18.9. The maximum Gasteiger partial charge on any atom is 0.309 e. The average Bonchev–Trinajstić information content (AvgIpc) is 3.20. The van der Waals surface area contributed by atoms with E-state index in [0.29, 0.717) is 25.7 Å². The number of ether oxygens (including phenoxy) is 1. The third-order valence-corrected chi connectivity index (χ3v) is 6.14. The van der Waals surface area contributed by atoms with Gasteiger partial charge in [0, 0.05) is 36.5 Å². The van der Waals surface area contributed by atoms with Gasteiger partial charge in [0.15, 0.2) is 0 Å². The third kappa shape index (κ3) is 12.1. The Morgan fingerprint density at radius 2 is 1.48 bits per heavy atom. The first-order chi connectivity index (χ1) is 14.8. The van der Waals surface area contributed by atoms with Crippen molar-refractivity contribution in [1.29, 1.82) is 0 Å². The standard InChI is InChI=1S/C23H39F2NO5/c1-2-31-22(28)20-14-12-13-19(20)21(27)15-17-23(24,25)16-10-8-6-4-3-5-7-9-11-18-26(29)30/h19-20H,2-18H2,1H3. The lowest BCUT2D eigenvalue weighted by Gasteiger charge is -2.19. The van der Waals surface area contributed by atoms with Gasteiger partial charge in [0.1, 0.15) is 5.78 Å². The zero-order chi connectivity index (χ0) is 23.1. The minimum absolute atomic E-state index is 0.0342. The van der Waals surface area contributed by atoms with Crippen molar-refractivity contribution in [2.75, 3.05) is 13.2 Å². The van der Waals surface area contributed by atoms with Crippen LogP contribution in [0.5, 0.6) is 0 Å². The van der Waals surface area contributed by atoms with E-state index >= 15 is 0 Å². The highest BCUT2D eigenvalue weighted by atomic mass is 19.3. The van der Waals surface area contributed by atoms with E-state index in [1.54, 1.807) is 6.92 Å². The predicted molar refractivity (Wildman–Crippen MR) is 115 cm³/mol. The lowest BCUT2D eigenvalue weighted by molar-refractivity contribution is -0.480. The summed E-state index contributed by atoms with van der Waals surface area (Å²) >= 11 is 0. The number of carbonyl (C=O) groups is 2. The van der Waals surface area contributed by atoms with E-state index in [1.807, 2.05) is 0 Å². The number of rotatable bonds is 18. The van der Waals surface area contributed by atoms with Gasteiger partial charge in [-0.1, -0.05) is 44.9 Å². The van der Waals surface area contributed by atoms with Crippen molar-refractivity contribution < 1.29 is 28.0 Å². The quantitative estimate of drug-likeness (QED) is 0.109. The Labute approximate surface area is 184 Å². The van der Waals surface area contributed by atoms with Crippen LogP contribution in [0, 0.1) is 22.0 Å². The minimum atomic E-state index is -2.84. The van der Waals surface area contributed by atoms with Crippen molar-refractivity contribution in [2.45, 2.75) is 109 Å². The van der Waals surface area contributed by atoms with Crippen LogP contribution in [-0.2, 0) is 14.3 Å². The number of nitrogens with zero attached hydrogens (tertiary/aromatic N) is 1. The Morgan fingerprint density at radius 3 is 2.06 bits per heavy atom. The number of carbonyl (C=O) groups excluding carboxylic acids is 2. The second-order valence-electron chi connectivity index (χ2n) is 8.71. The van der Waals surface area contributed by atoms with Crippen molar-refractivity contribution in [3.8, 4) is 0 Å². The topological polar surface area (TPSA) is 86.5 Å².